The van der Waals surface area contributed by atoms with Crippen molar-refractivity contribution in [2.45, 2.75) is 32.1 Å². The van der Waals surface area contributed by atoms with E-state index < -0.39 is 0 Å². The maximum absolute atomic E-state index is 11.3. The van der Waals surface area contributed by atoms with E-state index in [4.69, 9.17) is 20.9 Å². The Morgan fingerprint density at radius 1 is 1.27 bits per heavy atom. The lowest BCUT2D eigenvalue weighted by Crippen LogP contribution is -2.34. The van der Waals surface area contributed by atoms with Gasteiger partial charge in [0.25, 0.3) is 0 Å². The third-order valence-corrected chi connectivity index (χ3v) is 5.91. The molecule has 2 aromatic carbocycles. The van der Waals surface area contributed by atoms with Crippen LogP contribution in [0.1, 0.15) is 48.2 Å². The van der Waals surface area contributed by atoms with Gasteiger partial charge in [-0.3, -0.25) is 4.79 Å². The number of Topliss-reactive ketones (excluding diaryl/α,β-unsaturated/α-hetero) is 1. The highest BCUT2D eigenvalue weighted by Crippen LogP contribution is 2.33. The molecule has 0 unspecified atom stereocenters. The number of ether oxygens (including phenoxy) is 1. The Labute approximate surface area is 180 Å². The number of carbonyl (C=O) groups is 1. The van der Waals surface area contributed by atoms with Crippen molar-refractivity contribution in [3.8, 4) is 11.5 Å². The molecule has 30 heavy (non-hydrogen) atoms. The first-order valence-corrected chi connectivity index (χ1v) is 10.6. The number of fused-ring (bicyclic) bond motifs is 1. The van der Waals surface area contributed by atoms with Crippen LogP contribution in [0.5, 0.6) is 11.5 Å². The minimum atomic E-state index is -0.0809. The standard InChI is InChI=1S/C23H25ClN2O4/c1-15(27)17-3-6-21(20(28)13-17)29-12-2-9-26-10-7-16(8-11-26)23-19-5-4-18(24)14-22(19)30-25-23/h3-6,13-14,16,28H,2,7-12H2,1H3. The van der Waals surface area contributed by atoms with Crippen molar-refractivity contribution in [3.05, 3.63) is 52.7 Å². The zero-order chi connectivity index (χ0) is 21.1. The van der Waals surface area contributed by atoms with Crippen LogP contribution in [0.2, 0.25) is 5.02 Å². The Morgan fingerprint density at radius 3 is 2.80 bits per heavy atom. The summed E-state index contributed by atoms with van der Waals surface area (Å²) in [5.41, 5.74) is 2.26. The third kappa shape index (κ3) is 4.60. The number of likely N-dealkylation sites (tertiary alicyclic amines) is 1. The van der Waals surface area contributed by atoms with Crippen LogP contribution in [-0.2, 0) is 0 Å². The van der Waals surface area contributed by atoms with Crippen LogP contribution in [0.3, 0.4) is 0 Å². The Morgan fingerprint density at radius 2 is 2.07 bits per heavy atom. The molecule has 0 amide bonds. The second kappa shape index (κ2) is 9.06. The molecule has 1 N–H and O–H groups in total. The Balaban J connectivity index is 1.23. The summed E-state index contributed by atoms with van der Waals surface area (Å²) in [5.74, 6) is 0.737. The number of phenols is 1. The van der Waals surface area contributed by atoms with Gasteiger partial charge < -0.3 is 19.3 Å². The Kier molecular flexibility index (Phi) is 6.25. The lowest BCUT2D eigenvalue weighted by Gasteiger charge is -2.31. The molecule has 0 bridgehead atoms. The maximum atomic E-state index is 11.3. The fourth-order valence-corrected chi connectivity index (χ4v) is 4.15. The summed E-state index contributed by atoms with van der Waals surface area (Å²) in [4.78, 5) is 13.8. The molecule has 4 rings (SSSR count). The average Bonchev–Trinajstić information content (AvgIpc) is 3.15. The van der Waals surface area contributed by atoms with Gasteiger partial charge in [-0.1, -0.05) is 16.8 Å². The van der Waals surface area contributed by atoms with Crippen LogP contribution in [-0.4, -0.2) is 47.2 Å². The van der Waals surface area contributed by atoms with Gasteiger partial charge in [-0.25, -0.2) is 0 Å². The van der Waals surface area contributed by atoms with Crippen LogP contribution in [0.25, 0.3) is 11.0 Å². The van der Waals surface area contributed by atoms with E-state index in [0.717, 1.165) is 55.6 Å². The number of carbonyl (C=O) groups excluding carboxylic acids is 1. The maximum Gasteiger partial charge on any atom is 0.168 e. The molecule has 158 valence electrons. The quantitative estimate of drug-likeness (QED) is 0.419. The molecule has 0 saturated carbocycles. The number of hydrogen-bond acceptors (Lipinski definition) is 6. The highest BCUT2D eigenvalue weighted by atomic mass is 35.5. The number of hydrogen-bond donors (Lipinski definition) is 1. The van der Waals surface area contributed by atoms with Crippen LogP contribution in [0.4, 0.5) is 0 Å². The first-order valence-electron chi connectivity index (χ1n) is 10.2. The van der Waals surface area contributed by atoms with Gasteiger partial charge in [-0.2, -0.15) is 0 Å². The second-order valence-electron chi connectivity index (χ2n) is 7.76. The molecule has 1 aliphatic heterocycles. The lowest BCUT2D eigenvalue weighted by molar-refractivity contribution is 0.101. The van der Waals surface area contributed by atoms with Crippen molar-refractivity contribution in [1.82, 2.24) is 10.1 Å². The highest BCUT2D eigenvalue weighted by Gasteiger charge is 2.24. The monoisotopic (exact) mass is 428 g/mol. The van der Waals surface area contributed by atoms with Gasteiger partial charge in [0.15, 0.2) is 22.9 Å². The molecule has 7 heteroatoms. The third-order valence-electron chi connectivity index (χ3n) is 5.68. The fourth-order valence-electron chi connectivity index (χ4n) is 3.98. The van der Waals surface area contributed by atoms with Gasteiger partial charge in [0, 0.05) is 34.5 Å². The van der Waals surface area contributed by atoms with Gasteiger partial charge in [0.1, 0.15) is 0 Å². The first-order chi connectivity index (χ1) is 14.5. The van der Waals surface area contributed by atoms with E-state index in [1.165, 1.54) is 13.0 Å². The molecule has 1 saturated heterocycles. The molecular formula is C23H25ClN2O4. The zero-order valence-corrected chi connectivity index (χ0v) is 17.7. The molecule has 1 fully saturated rings. The topological polar surface area (TPSA) is 75.8 Å². The molecule has 6 nitrogen and oxygen atoms in total. The van der Waals surface area contributed by atoms with Crippen LogP contribution in [0.15, 0.2) is 40.9 Å². The first kappa shape index (κ1) is 20.7. The van der Waals surface area contributed by atoms with Gasteiger partial charge in [0.2, 0.25) is 0 Å². The van der Waals surface area contributed by atoms with E-state index in [0.29, 0.717) is 28.9 Å². The van der Waals surface area contributed by atoms with Crippen molar-refractivity contribution in [2.75, 3.05) is 26.2 Å². The summed E-state index contributed by atoms with van der Waals surface area (Å²) in [5, 5.41) is 16.0. The molecule has 0 spiro atoms. The van der Waals surface area contributed by atoms with Crippen LogP contribution >= 0.6 is 11.6 Å². The summed E-state index contributed by atoms with van der Waals surface area (Å²) in [6.07, 6.45) is 2.95. The Bertz CT molecular complexity index is 1040. The number of benzene rings is 2. The van der Waals surface area contributed by atoms with Crippen molar-refractivity contribution in [1.29, 1.82) is 0 Å². The normalized spacial score (nSPS) is 15.5. The predicted octanol–water partition coefficient (Wildman–Crippen LogP) is 5.04. The minimum Gasteiger partial charge on any atom is -0.504 e. The van der Waals surface area contributed by atoms with Crippen LogP contribution in [0, 0.1) is 0 Å². The summed E-state index contributed by atoms with van der Waals surface area (Å²) < 4.78 is 11.1. The number of piperidine rings is 1. The molecule has 2 heterocycles. The summed E-state index contributed by atoms with van der Waals surface area (Å²) in [6, 6.07) is 10.4. The highest BCUT2D eigenvalue weighted by molar-refractivity contribution is 6.31. The molecule has 1 aliphatic rings. The number of phenolic OH excluding ortho intramolecular Hbond substituents is 1. The zero-order valence-electron chi connectivity index (χ0n) is 16.9. The van der Waals surface area contributed by atoms with E-state index >= 15 is 0 Å². The number of halogens is 1. The average molecular weight is 429 g/mol. The summed E-state index contributed by atoms with van der Waals surface area (Å²) in [7, 11) is 0. The molecule has 0 aliphatic carbocycles. The molecule has 1 aromatic heterocycles. The lowest BCUT2D eigenvalue weighted by atomic mass is 9.91. The van der Waals surface area contributed by atoms with Gasteiger partial charge in [0.05, 0.1) is 12.3 Å². The van der Waals surface area contributed by atoms with E-state index in [1.54, 1.807) is 12.1 Å². The smallest absolute Gasteiger partial charge is 0.168 e. The van der Waals surface area contributed by atoms with E-state index in [2.05, 4.69) is 10.1 Å². The predicted molar refractivity (Wildman–Crippen MR) is 116 cm³/mol. The number of ketones is 1. The summed E-state index contributed by atoms with van der Waals surface area (Å²) >= 11 is 6.03. The van der Waals surface area contributed by atoms with Gasteiger partial charge in [-0.15, -0.1) is 0 Å². The van der Waals surface area contributed by atoms with Crippen molar-refractivity contribution in [2.24, 2.45) is 0 Å². The van der Waals surface area contributed by atoms with E-state index in [1.807, 2.05) is 18.2 Å². The molecule has 0 radical (unpaired) electrons. The van der Waals surface area contributed by atoms with Gasteiger partial charge >= 0.3 is 0 Å². The van der Waals surface area contributed by atoms with Crippen LogP contribution < -0.4 is 4.74 Å². The van der Waals surface area contributed by atoms with Gasteiger partial charge in [-0.05, 0) is 69.6 Å². The van der Waals surface area contributed by atoms with E-state index in [9.17, 15) is 9.90 Å². The van der Waals surface area contributed by atoms with Crippen molar-refractivity contribution >= 4 is 28.4 Å². The Hall–Kier alpha value is -2.57. The second-order valence-corrected chi connectivity index (χ2v) is 8.20. The molecular weight excluding hydrogens is 404 g/mol. The van der Waals surface area contributed by atoms with E-state index in [-0.39, 0.29) is 11.5 Å². The molecule has 0 atom stereocenters. The number of aromatic hydroxyl groups is 1. The van der Waals surface area contributed by atoms with Crippen molar-refractivity contribution < 1.29 is 19.2 Å². The summed E-state index contributed by atoms with van der Waals surface area (Å²) in [6.45, 7) is 4.94. The van der Waals surface area contributed by atoms with Crippen molar-refractivity contribution in [3.63, 3.8) is 0 Å². The minimum absolute atomic E-state index is 0.00430. The SMILES string of the molecule is CC(=O)c1ccc(OCCCN2CCC(c3noc4cc(Cl)ccc34)CC2)c(O)c1. The fraction of sp³-hybridized carbons (Fsp3) is 0.391. The number of rotatable bonds is 7. The largest absolute Gasteiger partial charge is 0.504 e. The number of aromatic nitrogens is 1. The molecule has 3 aromatic rings. The number of nitrogens with zero attached hydrogens (tertiary/aromatic N) is 2.